The number of carboxylic acids is 1. The SMILES string of the molecule is CCCCSCCN1CCC(CC[C@@H](N)c2c(F)cnc3ccc(OC)cc23)C(C(=O)O)C1. The van der Waals surface area contributed by atoms with Gasteiger partial charge >= 0.3 is 5.97 Å². The van der Waals surface area contributed by atoms with Gasteiger partial charge in [0.25, 0.3) is 0 Å². The van der Waals surface area contributed by atoms with Crippen molar-refractivity contribution in [2.75, 3.05) is 38.2 Å². The molecule has 0 spiro atoms. The van der Waals surface area contributed by atoms with Crippen LogP contribution in [-0.4, -0.2) is 59.2 Å². The Balaban J connectivity index is 1.62. The van der Waals surface area contributed by atoms with Crippen molar-refractivity contribution in [1.29, 1.82) is 0 Å². The Kier molecular flexibility index (Phi) is 9.77. The number of likely N-dealkylation sites (tertiary alicyclic amines) is 1. The highest BCUT2D eigenvalue weighted by Gasteiger charge is 2.34. The lowest BCUT2D eigenvalue weighted by molar-refractivity contribution is -0.146. The molecule has 2 heterocycles. The zero-order valence-electron chi connectivity index (χ0n) is 19.6. The summed E-state index contributed by atoms with van der Waals surface area (Å²) in [7, 11) is 1.57. The van der Waals surface area contributed by atoms with Crippen molar-refractivity contribution in [2.45, 2.75) is 45.1 Å². The van der Waals surface area contributed by atoms with Crippen molar-refractivity contribution in [1.82, 2.24) is 9.88 Å². The second-order valence-electron chi connectivity index (χ2n) is 8.85. The van der Waals surface area contributed by atoms with Crippen molar-refractivity contribution in [3.05, 3.63) is 35.8 Å². The van der Waals surface area contributed by atoms with Crippen LogP contribution in [-0.2, 0) is 4.79 Å². The second-order valence-corrected chi connectivity index (χ2v) is 10.1. The zero-order chi connectivity index (χ0) is 23.8. The maximum atomic E-state index is 14.7. The van der Waals surface area contributed by atoms with Crippen LogP contribution in [0, 0.1) is 17.7 Å². The zero-order valence-corrected chi connectivity index (χ0v) is 20.5. The first-order valence-corrected chi connectivity index (χ1v) is 13.0. The Morgan fingerprint density at radius 3 is 2.97 bits per heavy atom. The Bertz CT molecular complexity index is 929. The molecule has 0 saturated carbocycles. The lowest BCUT2D eigenvalue weighted by Gasteiger charge is -2.37. The van der Waals surface area contributed by atoms with E-state index in [2.05, 4.69) is 16.8 Å². The molecule has 2 aromatic rings. The lowest BCUT2D eigenvalue weighted by atomic mass is 9.81. The smallest absolute Gasteiger partial charge is 0.308 e. The molecule has 1 saturated heterocycles. The predicted molar refractivity (Wildman–Crippen MR) is 132 cm³/mol. The highest BCUT2D eigenvalue weighted by molar-refractivity contribution is 7.99. The third kappa shape index (κ3) is 6.80. The first-order valence-electron chi connectivity index (χ1n) is 11.8. The average molecular weight is 478 g/mol. The number of hydrogen-bond acceptors (Lipinski definition) is 6. The van der Waals surface area contributed by atoms with E-state index in [4.69, 9.17) is 10.5 Å². The number of carbonyl (C=O) groups is 1. The summed E-state index contributed by atoms with van der Waals surface area (Å²) in [5.74, 6) is 1.28. The van der Waals surface area contributed by atoms with E-state index >= 15 is 0 Å². The maximum Gasteiger partial charge on any atom is 0.308 e. The summed E-state index contributed by atoms with van der Waals surface area (Å²) in [6.45, 7) is 4.60. The number of halogens is 1. The monoisotopic (exact) mass is 477 g/mol. The minimum atomic E-state index is -0.748. The molecule has 182 valence electrons. The number of unbranched alkanes of at least 4 members (excludes halogenated alkanes) is 1. The van der Waals surface area contributed by atoms with Crippen LogP contribution in [0.25, 0.3) is 10.9 Å². The summed E-state index contributed by atoms with van der Waals surface area (Å²) >= 11 is 1.94. The van der Waals surface area contributed by atoms with Crippen LogP contribution in [0.2, 0.25) is 0 Å². The second kappa shape index (κ2) is 12.5. The molecule has 3 N–H and O–H groups in total. The van der Waals surface area contributed by atoms with E-state index in [-0.39, 0.29) is 5.92 Å². The molecule has 1 aliphatic rings. The maximum absolute atomic E-state index is 14.7. The van der Waals surface area contributed by atoms with Crippen molar-refractivity contribution < 1.29 is 19.0 Å². The van der Waals surface area contributed by atoms with Crippen LogP contribution in [0.1, 0.15) is 50.6 Å². The number of piperidine rings is 1. The van der Waals surface area contributed by atoms with Gasteiger partial charge in [0.1, 0.15) is 11.6 Å². The van der Waals surface area contributed by atoms with Crippen molar-refractivity contribution in [3.8, 4) is 5.75 Å². The van der Waals surface area contributed by atoms with E-state index in [0.717, 1.165) is 25.3 Å². The summed E-state index contributed by atoms with van der Waals surface area (Å²) in [6.07, 6.45) is 5.65. The highest BCUT2D eigenvalue weighted by atomic mass is 32.2. The van der Waals surface area contributed by atoms with E-state index in [9.17, 15) is 14.3 Å². The molecule has 33 heavy (non-hydrogen) atoms. The van der Waals surface area contributed by atoms with Gasteiger partial charge in [0, 0.05) is 35.8 Å². The normalized spacial score (nSPS) is 20.1. The Labute approximate surface area is 200 Å². The van der Waals surface area contributed by atoms with Crippen LogP contribution in [0.3, 0.4) is 0 Å². The molecular formula is C25H36FN3O3S. The van der Waals surface area contributed by atoms with Crippen LogP contribution in [0.5, 0.6) is 5.75 Å². The number of aromatic nitrogens is 1. The van der Waals surface area contributed by atoms with Gasteiger partial charge in [-0.25, -0.2) is 4.39 Å². The standard InChI is InChI=1S/C25H36FN3O3S/c1-3-4-12-33-13-11-29-10-9-17(20(16-29)25(30)31)5-7-22(27)24-19-14-18(32-2)6-8-23(19)28-15-21(24)26/h6,8,14-15,17,20,22H,3-5,7,9-13,16,27H2,1-2H3,(H,30,31)/t17?,20?,22-/m1/s1. The van der Waals surface area contributed by atoms with Crippen molar-refractivity contribution in [3.63, 3.8) is 0 Å². The van der Waals surface area contributed by atoms with Crippen LogP contribution in [0.4, 0.5) is 4.39 Å². The molecule has 3 rings (SSSR count). The van der Waals surface area contributed by atoms with E-state index in [1.54, 1.807) is 25.3 Å². The number of methoxy groups -OCH3 is 1. The molecule has 8 heteroatoms. The number of benzene rings is 1. The van der Waals surface area contributed by atoms with Gasteiger partial charge in [-0.15, -0.1) is 0 Å². The molecule has 1 aliphatic heterocycles. The third-order valence-electron chi connectivity index (χ3n) is 6.64. The Morgan fingerprint density at radius 2 is 2.24 bits per heavy atom. The van der Waals surface area contributed by atoms with Gasteiger partial charge in [0.15, 0.2) is 0 Å². The number of aliphatic carboxylic acids is 1. The number of nitrogens with zero attached hydrogens (tertiary/aromatic N) is 2. The topological polar surface area (TPSA) is 88.7 Å². The fourth-order valence-electron chi connectivity index (χ4n) is 4.65. The number of hydrogen-bond donors (Lipinski definition) is 2. The summed E-state index contributed by atoms with van der Waals surface area (Å²) in [6, 6.07) is 4.80. The molecule has 1 fully saturated rings. The van der Waals surface area contributed by atoms with E-state index in [0.29, 0.717) is 41.6 Å². The molecule has 0 bridgehead atoms. The van der Waals surface area contributed by atoms with Crippen LogP contribution in [0.15, 0.2) is 24.4 Å². The van der Waals surface area contributed by atoms with Crippen LogP contribution < -0.4 is 10.5 Å². The van der Waals surface area contributed by atoms with Gasteiger partial charge in [0.2, 0.25) is 0 Å². The van der Waals surface area contributed by atoms with Gasteiger partial charge < -0.3 is 20.5 Å². The molecule has 6 nitrogen and oxygen atoms in total. The third-order valence-corrected chi connectivity index (χ3v) is 7.69. The van der Waals surface area contributed by atoms with Gasteiger partial charge in [-0.05, 0) is 62.1 Å². The fourth-order valence-corrected chi connectivity index (χ4v) is 5.73. The minimum absolute atomic E-state index is 0.0447. The van der Waals surface area contributed by atoms with E-state index in [1.165, 1.54) is 24.8 Å². The van der Waals surface area contributed by atoms with Gasteiger partial charge in [-0.2, -0.15) is 11.8 Å². The number of ether oxygens (including phenoxy) is 1. The molecule has 0 radical (unpaired) electrons. The number of fused-ring (bicyclic) bond motifs is 1. The van der Waals surface area contributed by atoms with Gasteiger partial charge in [-0.1, -0.05) is 13.3 Å². The molecular weight excluding hydrogens is 441 g/mol. The first kappa shape index (κ1) is 25.7. The molecule has 3 atom stereocenters. The quantitative estimate of drug-likeness (QED) is 0.428. The molecule has 2 unspecified atom stereocenters. The number of pyridine rings is 1. The molecule has 0 aliphatic carbocycles. The largest absolute Gasteiger partial charge is 0.497 e. The number of carboxylic acid groups (broad SMARTS) is 1. The Morgan fingerprint density at radius 1 is 1.42 bits per heavy atom. The van der Waals surface area contributed by atoms with E-state index in [1.807, 2.05) is 11.8 Å². The van der Waals surface area contributed by atoms with Crippen LogP contribution >= 0.6 is 11.8 Å². The van der Waals surface area contributed by atoms with Crippen molar-refractivity contribution in [2.24, 2.45) is 17.6 Å². The number of rotatable bonds is 12. The first-order chi connectivity index (χ1) is 15.9. The van der Waals surface area contributed by atoms with Gasteiger partial charge in [0.05, 0.1) is 24.7 Å². The highest BCUT2D eigenvalue weighted by Crippen LogP contribution is 2.34. The molecule has 1 aromatic heterocycles. The lowest BCUT2D eigenvalue weighted by Crippen LogP contribution is -2.44. The fraction of sp³-hybridized carbons (Fsp3) is 0.600. The minimum Gasteiger partial charge on any atom is -0.497 e. The Hall–Kier alpha value is -1.90. The summed E-state index contributed by atoms with van der Waals surface area (Å²) in [5, 5.41) is 10.5. The van der Waals surface area contributed by atoms with E-state index < -0.39 is 23.7 Å². The summed E-state index contributed by atoms with van der Waals surface area (Å²) in [5.41, 5.74) is 7.54. The number of nitrogens with two attached hydrogens (primary N) is 1. The predicted octanol–water partition coefficient (Wildman–Crippen LogP) is 4.72. The molecule has 0 amide bonds. The molecule has 1 aromatic carbocycles. The van der Waals surface area contributed by atoms with Crippen molar-refractivity contribution >= 4 is 28.6 Å². The summed E-state index contributed by atoms with van der Waals surface area (Å²) in [4.78, 5) is 18.4. The average Bonchev–Trinajstić information content (AvgIpc) is 2.82. The summed E-state index contributed by atoms with van der Waals surface area (Å²) < 4.78 is 20.0. The number of thioether (sulfide) groups is 1. The van der Waals surface area contributed by atoms with Gasteiger partial charge in [-0.3, -0.25) is 9.78 Å².